The van der Waals surface area contributed by atoms with Gasteiger partial charge in [-0.2, -0.15) is 0 Å². The van der Waals surface area contributed by atoms with Gasteiger partial charge < -0.3 is 14.9 Å². The van der Waals surface area contributed by atoms with Crippen LogP contribution in [-0.4, -0.2) is 10.2 Å². The zero-order chi connectivity index (χ0) is 13.2. The van der Waals surface area contributed by atoms with E-state index in [0.29, 0.717) is 16.9 Å². The maximum absolute atomic E-state index is 9.95. The van der Waals surface area contributed by atoms with E-state index in [1.807, 2.05) is 18.2 Å². The lowest BCUT2D eigenvalue weighted by atomic mass is 10.1. The number of benzene rings is 3. The van der Waals surface area contributed by atoms with Crippen molar-refractivity contribution in [2.75, 3.05) is 0 Å². The molecule has 0 unspecified atom stereocenters. The molecular formula is C16H12O3. The summed E-state index contributed by atoms with van der Waals surface area (Å²) < 4.78 is 5.72. The molecule has 0 radical (unpaired) electrons. The fourth-order valence-corrected chi connectivity index (χ4v) is 1.98. The molecule has 0 spiro atoms. The number of ether oxygens (including phenoxy) is 1. The smallest absolute Gasteiger partial charge is 0.176 e. The van der Waals surface area contributed by atoms with Crippen molar-refractivity contribution in [1.29, 1.82) is 0 Å². The maximum atomic E-state index is 9.95. The van der Waals surface area contributed by atoms with Crippen LogP contribution in [0, 0.1) is 0 Å². The van der Waals surface area contributed by atoms with Crippen LogP contribution in [0.1, 0.15) is 0 Å². The topological polar surface area (TPSA) is 49.7 Å². The van der Waals surface area contributed by atoms with Crippen LogP contribution in [0.2, 0.25) is 0 Å². The second kappa shape index (κ2) is 4.53. The third-order valence-electron chi connectivity index (χ3n) is 2.90. The van der Waals surface area contributed by atoms with Crippen molar-refractivity contribution in [3.05, 3.63) is 60.7 Å². The summed E-state index contributed by atoms with van der Waals surface area (Å²) in [4.78, 5) is 0. The van der Waals surface area contributed by atoms with Gasteiger partial charge in [-0.25, -0.2) is 0 Å². The molecule has 0 saturated carbocycles. The predicted molar refractivity (Wildman–Crippen MR) is 73.8 cm³/mol. The molecule has 3 rings (SSSR count). The molecule has 0 saturated heterocycles. The van der Waals surface area contributed by atoms with E-state index in [-0.39, 0.29) is 11.5 Å². The SMILES string of the molecule is Oc1ccc2ccc(O)c(Oc3ccccc3)c2c1. The van der Waals surface area contributed by atoms with Crippen LogP contribution in [0.15, 0.2) is 60.7 Å². The molecule has 3 nitrogen and oxygen atoms in total. The third-order valence-corrected chi connectivity index (χ3v) is 2.90. The molecule has 2 N–H and O–H groups in total. The molecule has 0 aliphatic heterocycles. The van der Waals surface area contributed by atoms with Crippen LogP contribution in [0.4, 0.5) is 0 Å². The van der Waals surface area contributed by atoms with Crippen LogP contribution >= 0.6 is 0 Å². The van der Waals surface area contributed by atoms with Crippen LogP contribution < -0.4 is 4.74 Å². The fraction of sp³-hybridized carbons (Fsp3) is 0. The first-order valence-electron chi connectivity index (χ1n) is 5.91. The zero-order valence-corrected chi connectivity index (χ0v) is 10.1. The van der Waals surface area contributed by atoms with E-state index in [2.05, 4.69) is 0 Å². The Labute approximate surface area is 110 Å². The molecule has 3 aromatic carbocycles. The van der Waals surface area contributed by atoms with Gasteiger partial charge in [-0.15, -0.1) is 0 Å². The van der Waals surface area contributed by atoms with Gasteiger partial charge in [-0.1, -0.05) is 30.3 Å². The highest BCUT2D eigenvalue weighted by Crippen LogP contribution is 2.39. The molecule has 3 aromatic rings. The van der Waals surface area contributed by atoms with E-state index in [4.69, 9.17) is 4.74 Å². The summed E-state index contributed by atoms with van der Waals surface area (Å²) in [5.74, 6) is 1.16. The van der Waals surface area contributed by atoms with E-state index >= 15 is 0 Å². The van der Waals surface area contributed by atoms with Gasteiger partial charge in [-0.3, -0.25) is 0 Å². The lowest BCUT2D eigenvalue weighted by Gasteiger charge is -2.11. The Bertz CT molecular complexity index is 715. The molecule has 0 bridgehead atoms. The van der Waals surface area contributed by atoms with Crippen LogP contribution in [0.5, 0.6) is 23.0 Å². The van der Waals surface area contributed by atoms with Gasteiger partial charge in [-0.05, 0) is 35.7 Å². The molecular weight excluding hydrogens is 240 g/mol. The summed E-state index contributed by atoms with van der Waals surface area (Å²) in [6.45, 7) is 0. The van der Waals surface area contributed by atoms with Gasteiger partial charge in [0.2, 0.25) is 0 Å². The number of phenols is 2. The first-order valence-corrected chi connectivity index (χ1v) is 5.91. The summed E-state index contributed by atoms with van der Waals surface area (Å²) in [6.07, 6.45) is 0. The number of hydrogen-bond acceptors (Lipinski definition) is 3. The van der Waals surface area contributed by atoms with Crippen molar-refractivity contribution in [2.24, 2.45) is 0 Å². The van der Waals surface area contributed by atoms with E-state index < -0.39 is 0 Å². The zero-order valence-electron chi connectivity index (χ0n) is 10.1. The summed E-state index contributed by atoms with van der Waals surface area (Å²) in [7, 11) is 0. The number of fused-ring (bicyclic) bond motifs is 1. The van der Waals surface area contributed by atoms with Crippen molar-refractivity contribution >= 4 is 10.8 Å². The Morgan fingerprint density at radius 3 is 2.32 bits per heavy atom. The minimum absolute atomic E-state index is 0.0435. The van der Waals surface area contributed by atoms with E-state index in [1.165, 1.54) is 0 Å². The summed E-state index contributed by atoms with van der Waals surface area (Å²) in [6, 6.07) is 17.5. The molecule has 0 atom stereocenters. The average molecular weight is 252 g/mol. The van der Waals surface area contributed by atoms with Gasteiger partial charge in [0.1, 0.15) is 11.5 Å². The van der Waals surface area contributed by atoms with Crippen molar-refractivity contribution in [1.82, 2.24) is 0 Å². The highest BCUT2D eigenvalue weighted by atomic mass is 16.5. The average Bonchev–Trinajstić information content (AvgIpc) is 2.43. The molecule has 0 amide bonds. The largest absolute Gasteiger partial charge is 0.508 e. The van der Waals surface area contributed by atoms with E-state index in [0.717, 1.165) is 5.39 Å². The Hall–Kier alpha value is -2.68. The Morgan fingerprint density at radius 1 is 0.789 bits per heavy atom. The molecule has 19 heavy (non-hydrogen) atoms. The fourth-order valence-electron chi connectivity index (χ4n) is 1.98. The first-order chi connectivity index (χ1) is 9.24. The number of rotatable bonds is 2. The lowest BCUT2D eigenvalue weighted by molar-refractivity contribution is 0.415. The van der Waals surface area contributed by atoms with Gasteiger partial charge in [0.05, 0.1) is 0 Å². The summed E-state index contributed by atoms with van der Waals surface area (Å²) >= 11 is 0. The van der Waals surface area contributed by atoms with Gasteiger partial charge >= 0.3 is 0 Å². The Morgan fingerprint density at radius 2 is 1.53 bits per heavy atom. The highest BCUT2D eigenvalue weighted by Gasteiger charge is 2.10. The van der Waals surface area contributed by atoms with Crippen molar-refractivity contribution in [3.8, 4) is 23.0 Å². The van der Waals surface area contributed by atoms with Crippen molar-refractivity contribution in [2.45, 2.75) is 0 Å². The standard InChI is InChI=1S/C16H12O3/c17-12-8-6-11-7-9-15(18)16(14(11)10-12)19-13-4-2-1-3-5-13/h1-10,17-18H. The molecule has 0 aliphatic carbocycles. The molecule has 0 fully saturated rings. The molecule has 0 aromatic heterocycles. The molecule has 3 heteroatoms. The van der Waals surface area contributed by atoms with Gasteiger partial charge in [0.15, 0.2) is 11.5 Å². The van der Waals surface area contributed by atoms with Crippen LogP contribution in [0.3, 0.4) is 0 Å². The highest BCUT2D eigenvalue weighted by molar-refractivity contribution is 5.92. The lowest BCUT2D eigenvalue weighted by Crippen LogP contribution is -1.86. The number of phenolic OH excluding ortho intramolecular Hbond substituents is 2. The summed E-state index contributed by atoms with van der Waals surface area (Å²) in [5.41, 5.74) is 0. The normalized spacial score (nSPS) is 10.5. The Kier molecular flexibility index (Phi) is 2.72. The molecule has 0 heterocycles. The first kappa shape index (κ1) is 11.4. The maximum Gasteiger partial charge on any atom is 0.176 e. The second-order valence-electron chi connectivity index (χ2n) is 4.23. The third kappa shape index (κ3) is 2.18. The minimum Gasteiger partial charge on any atom is -0.508 e. The van der Waals surface area contributed by atoms with Crippen molar-refractivity contribution < 1.29 is 14.9 Å². The molecule has 0 aliphatic rings. The van der Waals surface area contributed by atoms with Crippen molar-refractivity contribution in [3.63, 3.8) is 0 Å². The minimum atomic E-state index is 0.0435. The Balaban J connectivity index is 2.16. The van der Waals surface area contributed by atoms with Gasteiger partial charge in [0.25, 0.3) is 0 Å². The molecule has 94 valence electrons. The number of hydrogen-bond donors (Lipinski definition) is 2. The van der Waals surface area contributed by atoms with Gasteiger partial charge in [0, 0.05) is 5.39 Å². The van der Waals surface area contributed by atoms with Crippen LogP contribution in [-0.2, 0) is 0 Å². The second-order valence-corrected chi connectivity index (χ2v) is 4.23. The number of aromatic hydroxyl groups is 2. The quantitative estimate of drug-likeness (QED) is 0.723. The monoisotopic (exact) mass is 252 g/mol. The number of para-hydroxylation sites is 1. The summed E-state index contributed by atoms with van der Waals surface area (Å²) in [5, 5.41) is 21.1. The predicted octanol–water partition coefficient (Wildman–Crippen LogP) is 4.04. The van der Waals surface area contributed by atoms with E-state index in [9.17, 15) is 10.2 Å². The van der Waals surface area contributed by atoms with Crippen LogP contribution in [0.25, 0.3) is 10.8 Å². The van der Waals surface area contributed by atoms with E-state index in [1.54, 1.807) is 42.5 Å².